The van der Waals surface area contributed by atoms with Gasteiger partial charge in [-0.2, -0.15) is 5.10 Å². The molecule has 8 heteroatoms. The number of nitrogens with zero attached hydrogens (tertiary/aromatic N) is 1. The molecule has 1 aliphatic rings. The molecule has 0 radical (unpaired) electrons. The second-order valence-electron chi connectivity index (χ2n) is 6.95. The van der Waals surface area contributed by atoms with Gasteiger partial charge in [-0.1, -0.05) is 6.07 Å². The van der Waals surface area contributed by atoms with E-state index in [1.54, 1.807) is 41.9 Å². The van der Waals surface area contributed by atoms with E-state index in [1.165, 1.54) is 12.1 Å². The summed E-state index contributed by atoms with van der Waals surface area (Å²) in [5, 5.41) is 18.7. The van der Waals surface area contributed by atoms with Crippen molar-refractivity contribution in [2.24, 2.45) is 0 Å². The van der Waals surface area contributed by atoms with Gasteiger partial charge in [0.2, 0.25) is 0 Å². The second-order valence-corrected chi connectivity index (χ2v) is 6.95. The molecule has 0 saturated carbocycles. The lowest BCUT2D eigenvalue weighted by Crippen LogP contribution is -2.31. The second kappa shape index (κ2) is 7.84. The highest BCUT2D eigenvalue weighted by molar-refractivity contribution is 5.94. The molecule has 7 nitrogen and oxygen atoms in total. The van der Waals surface area contributed by atoms with E-state index in [4.69, 9.17) is 5.21 Å². The maximum Gasteiger partial charge on any atom is 0.274 e. The van der Waals surface area contributed by atoms with Gasteiger partial charge in [0.1, 0.15) is 11.5 Å². The Balaban J connectivity index is 1.51. The smallest absolute Gasteiger partial charge is 0.274 e. The molecule has 0 spiro atoms. The van der Waals surface area contributed by atoms with Crippen molar-refractivity contribution in [2.45, 2.75) is 25.3 Å². The van der Waals surface area contributed by atoms with E-state index in [1.807, 2.05) is 0 Å². The average Bonchev–Trinajstić information content (AvgIpc) is 3.24. The number of halogens is 1. The maximum absolute atomic E-state index is 13.1. The summed E-state index contributed by atoms with van der Waals surface area (Å²) in [5.74, 6) is -1.19. The standard InChI is InChI=1S/C21H19FN4O3/c22-15-7-4-12(5-8-15)18-11-19(25-24-18)21(28)23-17-3-1-2-13-10-14(20(27)26-29)6-9-16(13)17/h4-11,17,29H,1-3H2,(H,23,28)(H,24,25)(H,26,27). The Hall–Kier alpha value is -3.52. The summed E-state index contributed by atoms with van der Waals surface area (Å²) in [5.41, 5.74) is 5.50. The molecule has 0 bridgehead atoms. The highest BCUT2D eigenvalue weighted by atomic mass is 19.1. The molecule has 1 aliphatic carbocycles. The Kier molecular flexibility index (Phi) is 5.09. The molecule has 2 amide bonds. The van der Waals surface area contributed by atoms with Crippen LogP contribution in [0.4, 0.5) is 4.39 Å². The summed E-state index contributed by atoms with van der Waals surface area (Å²) in [6.45, 7) is 0. The number of hydrogen-bond donors (Lipinski definition) is 4. The number of rotatable bonds is 4. The number of benzene rings is 2. The summed E-state index contributed by atoms with van der Waals surface area (Å²) < 4.78 is 13.1. The maximum atomic E-state index is 13.1. The Bertz CT molecular complexity index is 1060. The van der Waals surface area contributed by atoms with E-state index < -0.39 is 5.91 Å². The number of fused-ring (bicyclic) bond motifs is 1. The van der Waals surface area contributed by atoms with E-state index in [9.17, 15) is 14.0 Å². The van der Waals surface area contributed by atoms with Gasteiger partial charge in [0.05, 0.1) is 11.7 Å². The van der Waals surface area contributed by atoms with E-state index in [2.05, 4.69) is 15.5 Å². The predicted octanol–water partition coefficient (Wildman–Crippen LogP) is 3.14. The van der Waals surface area contributed by atoms with Gasteiger partial charge in [0, 0.05) is 11.1 Å². The Morgan fingerprint density at radius 3 is 2.66 bits per heavy atom. The first-order valence-corrected chi connectivity index (χ1v) is 9.24. The highest BCUT2D eigenvalue weighted by Gasteiger charge is 2.24. The molecule has 1 aromatic heterocycles. The molecule has 3 aromatic rings. The lowest BCUT2D eigenvalue weighted by molar-refractivity contribution is 0.0706. The molecule has 1 heterocycles. The first kappa shape index (κ1) is 18.8. The number of nitrogens with one attached hydrogen (secondary N) is 3. The lowest BCUT2D eigenvalue weighted by Gasteiger charge is -2.26. The zero-order valence-electron chi connectivity index (χ0n) is 15.4. The van der Waals surface area contributed by atoms with Crippen LogP contribution < -0.4 is 10.8 Å². The van der Waals surface area contributed by atoms with Crippen molar-refractivity contribution in [2.75, 3.05) is 0 Å². The van der Waals surface area contributed by atoms with Crippen LogP contribution >= 0.6 is 0 Å². The van der Waals surface area contributed by atoms with Crippen LogP contribution in [0.2, 0.25) is 0 Å². The van der Waals surface area contributed by atoms with E-state index in [0.717, 1.165) is 30.4 Å². The van der Waals surface area contributed by atoms with Crippen molar-refractivity contribution in [3.8, 4) is 11.3 Å². The third-order valence-corrected chi connectivity index (χ3v) is 5.09. The molecule has 0 aliphatic heterocycles. The fourth-order valence-corrected chi connectivity index (χ4v) is 3.61. The van der Waals surface area contributed by atoms with Crippen molar-refractivity contribution in [1.82, 2.24) is 21.0 Å². The van der Waals surface area contributed by atoms with Crippen molar-refractivity contribution < 1.29 is 19.2 Å². The topological polar surface area (TPSA) is 107 Å². The third kappa shape index (κ3) is 3.88. The molecule has 2 aromatic carbocycles. The van der Waals surface area contributed by atoms with Gasteiger partial charge in [0.25, 0.3) is 11.8 Å². The van der Waals surface area contributed by atoms with Gasteiger partial charge in [-0.05, 0) is 72.9 Å². The fourth-order valence-electron chi connectivity index (χ4n) is 3.61. The fraction of sp³-hybridized carbons (Fsp3) is 0.190. The summed E-state index contributed by atoms with van der Waals surface area (Å²) in [6, 6.07) is 12.5. The Labute approximate surface area is 165 Å². The number of carbonyl (C=O) groups excluding carboxylic acids is 2. The number of hydrogen-bond acceptors (Lipinski definition) is 4. The first-order valence-electron chi connectivity index (χ1n) is 9.24. The number of amides is 2. The number of aromatic amines is 1. The van der Waals surface area contributed by atoms with Crippen LogP contribution in [0, 0.1) is 5.82 Å². The number of carbonyl (C=O) groups is 2. The minimum absolute atomic E-state index is 0.185. The largest absolute Gasteiger partial charge is 0.344 e. The van der Waals surface area contributed by atoms with Crippen molar-refractivity contribution in [3.05, 3.63) is 76.7 Å². The molecule has 0 saturated heterocycles. The zero-order valence-corrected chi connectivity index (χ0v) is 15.4. The van der Waals surface area contributed by atoms with E-state index in [0.29, 0.717) is 22.5 Å². The molecule has 29 heavy (non-hydrogen) atoms. The van der Waals surface area contributed by atoms with Gasteiger partial charge >= 0.3 is 0 Å². The van der Waals surface area contributed by atoms with Crippen LogP contribution in [0.3, 0.4) is 0 Å². The molecule has 4 rings (SSSR count). The van der Waals surface area contributed by atoms with Crippen LogP contribution in [0.25, 0.3) is 11.3 Å². The number of aryl methyl sites for hydroxylation is 1. The Morgan fingerprint density at radius 2 is 1.90 bits per heavy atom. The summed E-state index contributed by atoms with van der Waals surface area (Å²) in [6.07, 6.45) is 2.45. The zero-order chi connectivity index (χ0) is 20.4. The van der Waals surface area contributed by atoms with Crippen LogP contribution in [0.5, 0.6) is 0 Å². The van der Waals surface area contributed by atoms with E-state index >= 15 is 0 Å². The summed E-state index contributed by atoms with van der Waals surface area (Å²) in [7, 11) is 0. The van der Waals surface area contributed by atoms with Crippen LogP contribution in [0.1, 0.15) is 50.9 Å². The summed E-state index contributed by atoms with van der Waals surface area (Å²) >= 11 is 0. The third-order valence-electron chi connectivity index (χ3n) is 5.09. The SMILES string of the molecule is O=C(NO)c1ccc2c(c1)CCCC2NC(=O)c1cc(-c2ccc(F)cc2)n[nH]1. The van der Waals surface area contributed by atoms with Gasteiger partial charge < -0.3 is 5.32 Å². The van der Waals surface area contributed by atoms with Crippen molar-refractivity contribution in [3.63, 3.8) is 0 Å². The van der Waals surface area contributed by atoms with Crippen LogP contribution in [-0.2, 0) is 6.42 Å². The van der Waals surface area contributed by atoms with Crippen LogP contribution in [-0.4, -0.2) is 27.2 Å². The number of H-pyrrole nitrogens is 1. The summed E-state index contributed by atoms with van der Waals surface area (Å²) in [4.78, 5) is 24.3. The predicted molar refractivity (Wildman–Crippen MR) is 103 cm³/mol. The normalized spacial score (nSPS) is 15.4. The highest BCUT2D eigenvalue weighted by Crippen LogP contribution is 2.31. The molecule has 148 valence electrons. The van der Waals surface area contributed by atoms with Gasteiger partial charge in [-0.3, -0.25) is 19.9 Å². The molecule has 4 N–H and O–H groups in total. The van der Waals surface area contributed by atoms with Gasteiger partial charge in [-0.25, -0.2) is 9.87 Å². The minimum Gasteiger partial charge on any atom is -0.344 e. The first-order chi connectivity index (χ1) is 14.0. The quantitative estimate of drug-likeness (QED) is 0.403. The molecular weight excluding hydrogens is 375 g/mol. The van der Waals surface area contributed by atoms with Crippen molar-refractivity contribution >= 4 is 11.8 Å². The molecule has 1 atom stereocenters. The van der Waals surface area contributed by atoms with Gasteiger partial charge in [0.15, 0.2) is 0 Å². The monoisotopic (exact) mass is 394 g/mol. The van der Waals surface area contributed by atoms with Crippen molar-refractivity contribution in [1.29, 1.82) is 0 Å². The molecule has 1 unspecified atom stereocenters. The minimum atomic E-state index is -0.565. The van der Waals surface area contributed by atoms with Gasteiger partial charge in [-0.15, -0.1) is 0 Å². The number of aromatic nitrogens is 2. The van der Waals surface area contributed by atoms with Crippen LogP contribution in [0.15, 0.2) is 48.5 Å². The lowest BCUT2D eigenvalue weighted by atomic mass is 9.86. The Morgan fingerprint density at radius 1 is 1.10 bits per heavy atom. The molecule has 0 fully saturated rings. The number of hydroxylamine groups is 1. The molecular formula is C21H19FN4O3. The average molecular weight is 394 g/mol. The van der Waals surface area contributed by atoms with E-state index in [-0.39, 0.29) is 17.8 Å².